The predicted molar refractivity (Wildman–Crippen MR) is 78.5 cm³/mol. The van der Waals surface area contributed by atoms with Crippen LogP contribution in [-0.2, 0) is 4.79 Å². The first kappa shape index (κ1) is 14.7. The van der Waals surface area contributed by atoms with Crippen LogP contribution in [0.15, 0.2) is 49.0 Å². The number of carboxylic acids is 1. The molecule has 1 N–H and O–H groups in total. The van der Waals surface area contributed by atoms with Gasteiger partial charge in [0.15, 0.2) is 0 Å². The maximum absolute atomic E-state index is 12.9. The topological polar surface area (TPSA) is 54.4 Å². The van der Waals surface area contributed by atoms with Gasteiger partial charge in [-0.3, -0.25) is 4.79 Å². The van der Waals surface area contributed by atoms with Crippen LogP contribution in [0, 0.1) is 5.82 Å². The molecule has 2 aromatic rings. The predicted octanol–water partition coefficient (Wildman–Crippen LogP) is 3.79. The van der Waals surface area contributed by atoms with E-state index in [2.05, 4.69) is 6.58 Å². The van der Waals surface area contributed by atoms with E-state index in [4.69, 9.17) is 5.11 Å². The van der Waals surface area contributed by atoms with E-state index in [1.54, 1.807) is 31.2 Å². The molecule has 2 aromatic carbocycles. The highest BCUT2D eigenvalue weighted by Crippen LogP contribution is 2.26. The lowest BCUT2D eigenvalue weighted by atomic mass is 9.94. The first-order chi connectivity index (χ1) is 9.90. The molecule has 0 spiro atoms. The van der Waals surface area contributed by atoms with Gasteiger partial charge < -0.3 is 5.11 Å². The van der Waals surface area contributed by atoms with E-state index in [1.165, 1.54) is 18.2 Å². The fourth-order valence-electron chi connectivity index (χ4n) is 2.03. The fraction of sp³-hybridized carbons (Fsp3) is 0.0588. The normalized spacial score (nSPS) is 10.2. The number of carbonyl (C=O) groups is 2. The van der Waals surface area contributed by atoms with Crippen molar-refractivity contribution in [3.8, 4) is 11.1 Å². The highest BCUT2D eigenvalue weighted by molar-refractivity contribution is 6.40. The molecule has 0 fully saturated rings. The molecule has 0 bridgehead atoms. The van der Waals surface area contributed by atoms with Crippen molar-refractivity contribution in [3.63, 3.8) is 0 Å². The molecule has 0 saturated carbocycles. The zero-order valence-corrected chi connectivity index (χ0v) is 11.4. The second kappa shape index (κ2) is 5.71. The molecule has 0 heterocycles. The smallest absolute Gasteiger partial charge is 0.377 e. The van der Waals surface area contributed by atoms with Gasteiger partial charge in [0.2, 0.25) is 0 Å². The lowest BCUT2D eigenvalue weighted by molar-refractivity contribution is -0.131. The number of benzene rings is 2. The van der Waals surface area contributed by atoms with Crippen molar-refractivity contribution in [2.24, 2.45) is 0 Å². The SMILES string of the molecule is C=C(C)c1cc(-c2ccc(F)cc2)ccc1C(=O)C(=O)O. The molecule has 0 aliphatic heterocycles. The van der Waals surface area contributed by atoms with Crippen LogP contribution in [0.4, 0.5) is 4.39 Å². The van der Waals surface area contributed by atoms with Gasteiger partial charge in [0.25, 0.3) is 5.78 Å². The van der Waals surface area contributed by atoms with Crippen LogP contribution in [0.5, 0.6) is 0 Å². The van der Waals surface area contributed by atoms with Crippen LogP contribution in [-0.4, -0.2) is 16.9 Å². The van der Waals surface area contributed by atoms with E-state index >= 15 is 0 Å². The van der Waals surface area contributed by atoms with Crippen LogP contribution in [0.2, 0.25) is 0 Å². The molecule has 0 aliphatic carbocycles. The molecule has 0 aliphatic rings. The van der Waals surface area contributed by atoms with Crippen molar-refractivity contribution in [1.82, 2.24) is 0 Å². The van der Waals surface area contributed by atoms with Crippen molar-refractivity contribution >= 4 is 17.3 Å². The highest BCUT2D eigenvalue weighted by Gasteiger charge is 2.19. The molecule has 4 heteroatoms. The number of halogens is 1. The van der Waals surface area contributed by atoms with Crippen LogP contribution in [0.1, 0.15) is 22.8 Å². The van der Waals surface area contributed by atoms with Gasteiger partial charge in [-0.1, -0.05) is 30.4 Å². The van der Waals surface area contributed by atoms with Crippen molar-refractivity contribution in [2.75, 3.05) is 0 Å². The van der Waals surface area contributed by atoms with Gasteiger partial charge >= 0.3 is 5.97 Å². The van der Waals surface area contributed by atoms with Crippen LogP contribution in [0.3, 0.4) is 0 Å². The van der Waals surface area contributed by atoms with E-state index < -0.39 is 11.8 Å². The van der Waals surface area contributed by atoms with Crippen LogP contribution >= 0.6 is 0 Å². The number of hydrogen-bond donors (Lipinski definition) is 1. The Bertz CT molecular complexity index is 730. The molecular weight excluding hydrogens is 271 g/mol. The Balaban J connectivity index is 2.55. The number of rotatable bonds is 4. The Hall–Kier alpha value is -2.75. The second-order valence-electron chi connectivity index (χ2n) is 4.68. The fourth-order valence-corrected chi connectivity index (χ4v) is 2.03. The number of allylic oxidation sites excluding steroid dienone is 1. The summed E-state index contributed by atoms with van der Waals surface area (Å²) in [7, 11) is 0. The summed E-state index contributed by atoms with van der Waals surface area (Å²) in [5.74, 6) is -2.82. The summed E-state index contributed by atoms with van der Waals surface area (Å²) >= 11 is 0. The van der Waals surface area contributed by atoms with Crippen molar-refractivity contribution in [1.29, 1.82) is 0 Å². The average Bonchev–Trinajstić information content (AvgIpc) is 2.46. The molecular formula is C17H13FO3. The van der Waals surface area contributed by atoms with Crippen molar-refractivity contribution in [2.45, 2.75) is 6.92 Å². The van der Waals surface area contributed by atoms with Gasteiger partial charge in [0.1, 0.15) is 5.82 Å². The van der Waals surface area contributed by atoms with Gasteiger partial charge in [-0.15, -0.1) is 0 Å². The molecule has 0 radical (unpaired) electrons. The van der Waals surface area contributed by atoms with E-state index in [1.807, 2.05) is 0 Å². The van der Waals surface area contributed by atoms with E-state index in [0.29, 0.717) is 11.1 Å². The molecule has 0 amide bonds. The number of hydrogen-bond acceptors (Lipinski definition) is 2. The quantitative estimate of drug-likeness (QED) is 0.686. The summed E-state index contributed by atoms with van der Waals surface area (Å²) in [4.78, 5) is 22.5. The summed E-state index contributed by atoms with van der Waals surface area (Å²) in [5, 5.41) is 8.84. The van der Waals surface area contributed by atoms with Gasteiger partial charge in [-0.25, -0.2) is 9.18 Å². The standard InChI is InChI=1S/C17H13FO3/c1-10(2)15-9-12(11-3-6-13(18)7-4-11)5-8-14(15)16(19)17(20)21/h3-9H,1H2,2H3,(H,20,21). The minimum Gasteiger partial charge on any atom is -0.475 e. The third-order valence-electron chi connectivity index (χ3n) is 3.10. The molecule has 3 nitrogen and oxygen atoms in total. The van der Waals surface area contributed by atoms with Gasteiger partial charge in [0, 0.05) is 5.56 Å². The van der Waals surface area contributed by atoms with E-state index in [0.717, 1.165) is 11.1 Å². The number of Topliss-reactive ketones (excluding diaryl/α,β-unsaturated/α-hetero) is 1. The Morgan fingerprint density at radius 1 is 1.00 bits per heavy atom. The van der Waals surface area contributed by atoms with Gasteiger partial charge in [0.05, 0.1) is 0 Å². The van der Waals surface area contributed by atoms with Gasteiger partial charge in [-0.2, -0.15) is 0 Å². The Labute approximate surface area is 121 Å². The van der Waals surface area contributed by atoms with Crippen LogP contribution < -0.4 is 0 Å². The Kier molecular flexibility index (Phi) is 3.98. The second-order valence-corrected chi connectivity index (χ2v) is 4.68. The first-order valence-electron chi connectivity index (χ1n) is 6.23. The summed E-state index contributed by atoms with van der Waals surface area (Å²) in [6.07, 6.45) is 0. The maximum atomic E-state index is 12.9. The van der Waals surface area contributed by atoms with Crippen molar-refractivity contribution in [3.05, 3.63) is 66.0 Å². The minimum atomic E-state index is -1.51. The summed E-state index contributed by atoms with van der Waals surface area (Å²) in [5.41, 5.74) is 2.69. The molecule has 21 heavy (non-hydrogen) atoms. The van der Waals surface area contributed by atoms with Crippen LogP contribution in [0.25, 0.3) is 16.7 Å². The molecule has 0 aromatic heterocycles. The zero-order valence-electron chi connectivity index (χ0n) is 11.4. The lowest BCUT2D eigenvalue weighted by Gasteiger charge is -2.10. The minimum absolute atomic E-state index is 0.0980. The van der Waals surface area contributed by atoms with Gasteiger partial charge in [-0.05, 0) is 47.9 Å². The summed E-state index contributed by atoms with van der Waals surface area (Å²) in [6, 6.07) is 10.7. The molecule has 0 saturated heterocycles. The third kappa shape index (κ3) is 3.05. The zero-order chi connectivity index (χ0) is 15.6. The molecule has 0 unspecified atom stereocenters. The average molecular weight is 284 g/mol. The summed E-state index contributed by atoms with van der Waals surface area (Å²) in [6.45, 7) is 5.47. The molecule has 0 atom stereocenters. The van der Waals surface area contributed by atoms with E-state index in [-0.39, 0.29) is 11.4 Å². The third-order valence-corrected chi connectivity index (χ3v) is 3.10. The monoisotopic (exact) mass is 284 g/mol. The lowest BCUT2D eigenvalue weighted by Crippen LogP contribution is -2.14. The molecule has 106 valence electrons. The number of carbonyl (C=O) groups excluding carboxylic acids is 1. The largest absolute Gasteiger partial charge is 0.475 e. The van der Waals surface area contributed by atoms with Crippen molar-refractivity contribution < 1.29 is 19.1 Å². The Morgan fingerprint density at radius 2 is 1.57 bits per heavy atom. The molecule has 2 rings (SSSR count). The van der Waals surface area contributed by atoms with E-state index in [9.17, 15) is 14.0 Å². The Morgan fingerprint density at radius 3 is 2.10 bits per heavy atom. The first-order valence-corrected chi connectivity index (χ1v) is 6.23. The number of ketones is 1. The highest BCUT2D eigenvalue weighted by atomic mass is 19.1. The number of carboxylic acid groups (broad SMARTS) is 1. The maximum Gasteiger partial charge on any atom is 0.377 e. The number of aliphatic carboxylic acids is 1. The summed E-state index contributed by atoms with van der Waals surface area (Å²) < 4.78 is 12.9.